The zero-order valence-corrected chi connectivity index (χ0v) is 13.7. The molecule has 0 saturated carbocycles. The number of carbonyl (C=O) groups is 1. The Morgan fingerprint density at radius 3 is 2.86 bits per heavy atom. The molecule has 2 N–H and O–H groups in total. The van der Waals surface area contributed by atoms with E-state index in [-0.39, 0.29) is 5.91 Å². The minimum absolute atomic E-state index is 0.141. The predicted octanol–water partition coefficient (Wildman–Crippen LogP) is 4.23. The normalized spacial score (nSPS) is 10.2. The fourth-order valence-corrected chi connectivity index (χ4v) is 2.29. The van der Waals surface area contributed by atoms with E-state index in [0.29, 0.717) is 5.56 Å². The van der Waals surface area contributed by atoms with Gasteiger partial charge in [-0.25, -0.2) is 0 Å². The van der Waals surface area contributed by atoms with Crippen molar-refractivity contribution in [1.82, 2.24) is 4.98 Å². The zero-order chi connectivity index (χ0) is 15.2. The Balaban J connectivity index is 2.22. The lowest BCUT2D eigenvalue weighted by molar-refractivity contribution is 0.102. The molecule has 110 valence electrons. The Bertz CT molecular complexity index is 643. The lowest BCUT2D eigenvalue weighted by Crippen LogP contribution is -2.16. The molecule has 0 saturated heterocycles. The van der Waals surface area contributed by atoms with Gasteiger partial charge in [-0.15, -0.1) is 0 Å². The number of amides is 1. The van der Waals surface area contributed by atoms with Crippen LogP contribution in [0, 0.1) is 6.92 Å². The summed E-state index contributed by atoms with van der Waals surface area (Å²) in [4.78, 5) is 16.5. The minimum Gasteiger partial charge on any atom is -0.383 e. The van der Waals surface area contributed by atoms with Crippen molar-refractivity contribution in [2.45, 2.75) is 20.3 Å². The van der Waals surface area contributed by atoms with Gasteiger partial charge in [-0.3, -0.25) is 9.78 Å². The van der Waals surface area contributed by atoms with Crippen molar-refractivity contribution in [3.8, 4) is 0 Å². The Hall–Kier alpha value is -1.88. The summed E-state index contributed by atoms with van der Waals surface area (Å²) >= 11 is 3.47. The molecular weight excluding hydrogens is 330 g/mol. The third-order valence-electron chi connectivity index (χ3n) is 3.15. The van der Waals surface area contributed by atoms with E-state index >= 15 is 0 Å². The number of nitrogens with one attached hydrogen (secondary N) is 2. The van der Waals surface area contributed by atoms with Crippen molar-refractivity contribution in [2.24, 2.45) is 0 Å². The summed E-state index contributed by atoms with van der Waals surface area (Å²) in [6.45, 7) is 4.85. The van der Waals surface area contributed by atoms with Crippen LogP contribution in [0.3, 0.4) is 0 Å². The molecule has 4 nitrogen and oxygen atoms in total. The monoisotopic (exact) mass is 347 g/mol. The van der Waals surface area contributed by atoms with Crippen LogP contribution in [-0.4, -0.2) is 17.4 Å². The highest BCUT2D eigenvalue weighted by molar-refractivity contribution is 9.10. The van der Waals surface area contributed by atoms with Crippen LogP contribution < -0.4 is 10.6 Å². The van der Waals surface area contributed by atoms with Gasteiger partial charge in [0, 0.05) is 22.9 Å². The van der Waals surface area contributed by atoms with Gasteiger partial charge in [0.25, 0.3) is 5.91 Å². The van der Waals surface area contributed by atoms with Crippen molar-refractivity contribution in [3.63, 3.8) is 0 Å². The van der Waals surface area contributed by atoms with Crippen LogP contribution in [0.5, 0.6) is 0 Å². The zero-order valence-electron chi connectivity index (χ0n) is 12.1. The SMILES string of the molecule is CCCNc1cnccc1C(=O)Nc1cccc(Br)c1C. The lowest BCUT2D eigenvalue weighted by Gasteiger charge is -2.13. The summed E-state index contributed by atoms with van der Waals surface area (Å²) in [7, 11) is 0. The van der Waals surface area contributed by atoms with Gasteiger partial charge in [0.2, 0.25) is 0 Å². The number of halogens is 1. The van der Waals surface area contributed by atoms with Crippen LogP contribution in [0.4, 0.5) is 11.4 Å². The first-order chi connectivity index (χ1) is 10.1. The molecule has 5 heteroatoms. The maximum atomic E-state index is 12.5. The smallest absolute Gasteiger partial charge is 0.257 e. The van der Waals surface area contributed by atoms with Gasteiger partial charge < -0.3 is 10.6 Å². The number of aromatic nitrogens is 1. The summed E-state index contributed by atoms with van der Waals surface area (Å²) in [6.07, 6.45) is 4.29. The van der Waals surface area contributed by atoms with Crippen molar-refractivity contribution in [2.75, 3.05) is 17.2 Å². The highest BCUT2D eigenvalue weighted by atomic mass is 79.9. The van der Waals surface area contributed by atoms with E-state index in [2.05, 4.69) is 38.5 Å². The quantitative estimate of drug-likeness (QED) is 0.850. The molecule has 2 aromatic rings. The molecule has 0 aliphatic carbocycles. The van der Waals surface area contributed by atoms with Gasteiger partial charge in [-0.2, -0.15) is 0 Å². The summed E-state index contributed by atoms with van der Waals surface area (Å²) in [5.74, 6) is -0.141. The third kappa shape index (κ3) is 3.82. The van der Waals surface area contributed by atoms with Crippen molar-refractivity contribution < 1.29 is 4.79 Å². The molecule has 0 unspecified atom stereocenters. The standard InChI is InChI=1S/C16H18BrN3O/c1-3-8-19-15-10-18-9-7-12(15)16(21)20-14-6-4-5-13(17)11(14)2/h4-7,9-10,19H,3,8H2,1-2H3,(H,20,21). The number of benzene rings is 1. The maximum absolute atomic E-state index is 12.5. The molecule has 0 spiro atoms. The maximum Gasteiger partial charge on any atom is 0.257 e. The van der Waals surface area contributed by atoms with Gasteiger partial charge in [0.05, 0.1) is 17.4 Å². The van der Waals surface area contributed by atoms with E-state index in [9.17, 15) is 4.79 Å². The second-order valence-electron chi connectivity index (χ2n) is 4.71. The Morgan fingerprint density at radius 2 is 2.10 bits per heavy atom. The molecule has 0 aliphatic heterocycles. The average Bonchev–Trinajstić information content (AvgIpc) is 2.50. The van der Waals surface area contributed by atoms with Gasteiger partial charge in [0.15, 0.2) is 0 Å². The molecule has 0 fully saturated rings. The first-order valence-corrected chi connectivity index (χ1v) is 7.67. The molecule has 0 radical (unpaired) electrons. The van der Waals surface area contributed by atoms with Gasteiger partial charge in [-0.1, -0.05) is 28.9 Å². The van der Waals surface area contributed by atoms with E-state index < -0.39 is 0 Å². The van der Waals surface area contributed by atoms with Crippen LogP contribution >= 0.6 is 15.9 Å². The Morgan fingerprint density at radius 1 is 1.29 bits per heavy atom. The summed E-state index contributed by atoms with van der Waals surface area (Å²) in [5, 5.41) is 6.17. The number of carbonyl (C=O) groups excluding carboxylic acids is 1. The van der Waals surface area contributed by atoms with Gasteiger partial charge in [-0.05, 0) is 37.1 Å². The number of pyridine rings is 1. The minimum atomic E-state index is -0.141. The van der Waals surface area contributed by atoms with E-state index in [1.165, 1.54) is 0 Å². The van der Waals surface area contributed by atoms with E-state index in [4.69, 9.17) is 0 Å². The Labute approximate surface area is 133 Å². The number of hydrogen-bond donors (Lipinski definition) is 2. The highest BCUT2D eigenvalue weighted by Gasteiger charge is 2.13. The van der Waals surface area contributed by atoms with Crippen LogP contribution in [0.25, 0.3) is 0 Å². The van der Waals surface area contributed by atoms with Crippen molar-refractivity contribution in [3.05, 3.63) is 52.3 Å². The second kappa shape index (κ2) is 7.22. The van der Waals surface area contributed by atoms with E-state index in [1.807, 2.05) is 25.1 Å². The van der Waals surface area contributed by atoms with Crippen LogP contribution in [0.2, 0.25) is 0 Å². The third-order valence-corrected chi connectivity index (χ3v) is 4.01. The van der Waals surface area contributed by atoms with Crippen LogP contribution in [0.1, 0.15) is 29.3 Å². The highest BCUT2D eigenvalue weighted by Crippen LogP contribution is 2.24. The fraction of sp³-hybridized carbons (Fsp3) is 0.250. The van der Waals surface area contributed by atoms with Crippen molar-refractivity contribution in [1.29, 1.82) is 0 Å². The lowest BCUT2D eigenvalue weighted by atomic mass is 10.1. The molecule has 1 aromatic heterocycles. The number of hydrogen-bond acceptors (Lipinski definition) is 3. The molecule has 1 heterocycles. The van der Waals surface area contributed by atoms with E-state index in [1.54, 1.807) is 18.5 Å². The molecule has 2 rings (SSSR count). The largest absolute Gasteiger partial charge is 0.383 e. The van der Waals surface area contributed by atoms with Crippen LogP contribution in [-0.2, 0) is 0 Å². The fourth-order valence-electron chi connectivity index (χ4n) is 1.93. The first kappa shape index (κ1) is 15.5. The Kier molecular flexibility index (Phi) is 5.33. The summed E-state index contributed by atoms with van der Waals surface area (Å²) in [6, 6.07) is 7.46. The number of rotatable bonds is 5. The number of nitrogens with zero attached hydrogens (tertiary/aromatic N) is 1. The molecular formula is C16H18BrN3O. The molecule has 0 bridgehead atoms. The van der Waals surface area contributed by atoms with Gasteiger partial charge in [0.1, 0.15) is 0 Å². The second-order valence-corrected chi connectivity index (χ2v) is 5.57. The predicted molar refractivity (Wildman–Crippen MR) is 89.8 cm³/mol. The molecule has 1 amide bonds. The summed E-state index contributed by atoms with van der Waals surface area (Å²) in [5.41, 5.74) is 3.15. The summed E-state index contributed by atoms with van der Waals surface area (Å²) < 4.78 is 0.972. The molecule has 21 heavy (non-hydrogen) atoms. The first-order valence-electron chi connectivity index (χ1n) is 6.87. The topological polar surface area (TPSA) is 54.0 Å². The molecule has 1 aromatic carbocycles. The van der Waals surface area contributed by atoms with Crippen molar-refractivity contribution >= 4 is 33.2 Å². The average molecular weight is 348 g/mol. The molecule has 0 aliphatic rings. The number of anilines is 2. The van der Waals surface area contributed by atoms with Gasteiger partial charge >= 0.3 is 0 Å². The van der Waals surface area contributed by atoms with Crippen LogP contribution in [0.15, 0.2) is 41.1 Å². The molecule has 0 atom stereocenters. The van der Waals surface area contributed by atoms with E-state index in [0.717, 1.165) is 34.4 Å².